The summed E-state index contributed by atoms with van der Waals surface area (Å²) in [5, 5.41) is 22.5. The number of carbonyl (C=O) groups is 3. The molecule has 0 spiro atoms. The van der Waals surface area contributed by atoms with Crippen LogP contribution < -0.4 is 10.6 Å². The van der Waals surface area contributed by atoms with Gasteiger partial charge in [-0.25, -0.2) is 4.79 Å². The van der Waals surface area contributed by atoms with Crippen molar-refractivity contribution in [2.24, 2.45) is 0 Å². The molecule has 3 N–H and O–H groups in total. The van der Waals surface area contributed by atoms with Crippen LogP contribution in [0.3, 0.4) is 0 Å². The van der Waals surface area contributed by atoms with E-state index in [4.69, 9.17) is 5.11 Å². The highest BCUT2D eigenvalue weighted by Crippen LogP contribution is 2.14. The third-order valence-corrected chi connectivity index (χ3v) is 3.60. The minimum Gasteiger partial charge on any atom is -0.477 e. The number of aryl methyl sites for hydroxylation is 2. The molecular weight excluding hydrogens is 340 g/mol. The third-order valence-electron chi connectivity index (χ3n) is 3.60. The fraction of sp³-hybridized carbons (Fsp3) is 0.438. The van der Waals surface area contributed by atoms with Crippen molar-refractivity contribution in [2.45, 2.75) is 39.8 Å². The molecule has 10 heteroatoms. The quantitative estimate of drug-likeness (QED) is 0.609. The van der Waals surface area contributed by atoms with E-state index >= 15 is 0 Å². The van der Waals surface area contributed by atoms with Gasteiger partial charge in [-0.05, 0) is 19.4 Å². The van der Waals surface area contributed by atoms with Gasteiger partial charge in [-0.15, -0.1) is 0 Å². The maximum atomic E-state index is 12.2. The van der Waals surface area contributed by atoms with Crippen molar-refractivity contribution in [1.82, 2.24) is 24.9 Å². The largest absolute Gasteiger partial charge is 0.477 e. The Morgan fingerprint density at radius 3 is 2.69 bits per heavy atom. The Morgan fingerprint density at radius 2 is 2.04 bits per heavy atom. The molecule has 0 radical (unpaired) electrons. The van der Waals surface area contributed by atoms with Gasteiger partial charge in [-0.2, -0.15) is 10.2 Å². The normalized spacial score (nSPS) is 10.5. The summed E-state index contributed by atoms with van der Waals surface area (Å²) in [6, 6.07) is 1.36. The number of aromatic carboxylic acids is 1. The molecule has 2 heterocycles. The standard InChI is InChI=1S/C16H22N6O4/c1-3-7-17-15(24)14-11(10-21(4-2)20-14)19-13(23)6-9-22-12(16(25)26)5-8-18-22/h5,8,10H,3-4,6-7,9H2,1-2H3,(H,17,24)(H,19,23)(H,25,26). The Bertz CT molecular complexity index is 795. The zero-order valence-corrected chi connectivity index (χ0v) is 14.7. The van der Waals surface area contributed by atoms with Crippen molar-refractivity contribution < 1.29 is 19.5 Å². The highest BCUT2D eigenvalue weighted by atomic mass is 16.4. The summed E-state index contributed by atoms with van der Waals surface area (Å²) in [4.78, 5) is 35.4. The van der Waals surface area contributed by atoms with E-state index in [-0.39, 0.29) is 36.2 Å². The average Bonchev–Trinajstić information content (AvgIpc) is 3.24. The summed E-state index contributed by atoms with van der Waals surface area (Å²) in [5.74, 6) is -1.83. The van der Waals surface area contributed by atoms with E-state index in [9.17, 15) is 14.4 Å². The van der Waals surface area contributed by atoms with Gasteiger partial charge in [0.15, 0.2) is 5.69 Å². The first kappa shape index (κ1) is 19.2. The van der Waals surface area contributed by atoms with Crippen LogP contribution in [0.2, 0.25) is 0 Å². The zero-order chi connectivity index (χ0) is 19.1. The molecule has 2 rings (SSSR count). The van der Waals surface area contributed by atoms with E-state index < -0.39 is 5.97 Å². The van der Waals surface area contributed by atoms with Crippen molar-refractivity contribution in [2.75, 3.05) is 11.9 Å². The lowest BCUT2D eigenvalue weighted by Crippen LogP contribution is -2.26. The molecule has 0 saturated heterocycles. The number of aromatic nitrogens is 4. The Hall–Kier alpha value is -3.17. The molecule has 0 aliphatic rings. The zero-order valence-electron chi connectivity index (χ0n) is 14.7. The molecule has 0 bridgehead atoms. The minimum absolute atomic E-state index is 0.00921. The summed E-state index contributed by atoms with van der Waals surface area (Å²) in [7, 11) is 0. The van der Waals surface area contributed by atoms with Crippen LogP contribution in [0.25, 0.3) is 0 Å². The maximum Gasteiger partial charge on any atom is 0.354 e. The fourth-order valence-corrected chi connectivity index (χ4v) is 2.28. The van der Waals surface area contributed by atoms with Crippen molar-refractivity contribution in [3.8, 4) is 0 Å². The van der Waals surface area contributed by atoms with Gasteiger partial charge < -0.3 is 15.7 Å². The van der Waals surface area contributed by atoms with Gasteiger partial charge in [0.2, 0.25) is 5.91 Å². The Balaban J connectivity index is 2.03. The van der Waals surface area contributed by atoms with Crippen molar-refractivity contribution >= 4 is 23.5 Å². The number of hydrogen-bond donors (Lipinski definition) is 3. The molecule has 2 amide bonds. The van der Waals surface area contributed by atoms with Crippen LogP contribution in [-0.2, 0) is 17.9 Å². The predicted molar refractivity (Wildman–Crippen MR) is 93.0 cm³/mol. The summed E-state index contributed by atoms with van der Waals surface area (Å²) in [6.45, 7) is 4.99. The van der Waals surface area contributed by atoms with E-state index in [1.165, 1.54) is 16.9 Å². The van der Waals surface area contributed by atoms with Crippen LogP contribution >= 0.6 is 0 Å². The van der Waals surface area contributed by atoms with Crippen LogP contribution in [0.5, 0.6) is 0 Å². The molecule has 140 valence electrons. The number of nitrogens with one attached hydrogen (secondary N) is 2. The number of carboxylic acids is 1. The topological polar surface area (TPSA) is 131 Å². The Morgan fingerprint density at radius 1 is 1.27 bits per heavy atom. The molecule has 0 aliphatic heterocycles. The third kappa shape index (κ3) is 4.68. The average molecular weight is 362 g/mol. The van der Waals surface area contributed by atoms with E-state index in [1.54, 1.807) is 10.9 Å². The van der Waals surface area contributed by atoms with Gasteiger partial charge in [0.25, 0.3) is 5.91 Å². The number of amides is 2. The first-order valence-electron chi connectivity index (χ1n) is 8.36. The highest BCUT2D eigenvalue weighted by Gasteiger charge is 2.18. The summed E-state index contributed by atoms with van der Waals surface area (Å²) >= 11 is 0. The van der Waals surface area contributed by atoms with Gasteiger partial charge in [0.05, 0.1) is 12.2 Å². The number of hydrogen-bond acceptors (Lipinski definition) is 5. The first-order chi connectivity index (χ1) is 12.5. The minimum atomic E-state index is -1.11. The van der Waals surface area contributed by atoms with Crippen LogP contribution in [0.15, 0.2) is 18.5 Å². The second-order valence-corrected chi connectivity index (χ2v) is 5.55. The number of nitrogens with zero attached hydrogens (tertiary/aromatic N) is 4. The van der Waals surface area contributed by atoms with Crippen molar-refractivity contribution in [1.29, 1.82) is 0 Å². The van der Waals surface area contributed by atoms with Crippen molar-refractivity contribution in [3.63, 3.8) is 0 Å². The van der Waals surface area contributed by atoms with Crippen LogP contribution in [0.4, 0.5) is 5.69 Å². The molecule has 0 unspecified atom stereocenters. The molecule has 0 fully saturated rings. The summed E-state index contributed by atoms with van der Waals surface area (Å²) in [6.07, 6.45) is 3.76. The van der Waals surface area contributed by atoms with E-state index in [1.807, 2.05) is 13.8 Å². The smallest absolute Gasteiger partial charge is 0.354 e. The summed E-state index contributed by atoms with van der Waals surface area (Å²) < 4.78 is 2.80. The van der Waals surface area contributed by atoms with E-state index in [0.717, 1.165) is 6.42 Å². The number of carbonyl (C=O) groups excluding carboxylic acids is 2. The lowest BCUT2D eigenvalue weighted by molar-refractivity contribution is -0.116. The molecule has 0 aliphatic carbocycles. The van der Waals surface area contributed by atoms with E-state index in [2.05, 4.69) is 20.8 Å². The Kier molecular flexibility index (Phi) is 6.48. The number of anilines is 1. The second kappa shape index (κ2) is 8.79. The van der Waals surface area contributed by atoms with Crippen LogP contribution in [-0.4, -0.2) is 49.0 Å². The van der Waals surface area contributed by atoms with E-state index in [0.29, 0.717) is 18.8 Å². The predicted octanol–water partition coefficient (Wildman–Crippen LogP) is 0.966. The highest BCUT2D eigenvalue weighted by molar-refractivity contribution is 6.02. The Labute approximate surface area is 150 Å². The van der Waals surface area contributed by atoms with Gasteiger partial charge in [-0.3, -0.25) is 19.0 Å². The molecule has 2 aromatic heterocycles. The SMILES string of the molecule is CCCNC(=O)c1nn(CC)cc1NC(=O)CCn1nccc1C(=O)O. The molecule has 0 atom stereocenters. The number of rotatable bonds is 9. The second-order valence-electron chi connectivity index (χ2n) is 5.55. The molecule has 2 aromatic rings. The van der Waals surface area contributed by atoms with Gasteiger partial charge in [0, 0.05) is 31.9 Å². The van der Waals surface area contributed by atoms with Gasteiger partial charge in [-0.1, -0.05) is 6.92 Å². The molecule has 0 aromatic carbocycles. The summed E-state index contributed by atoms with van der Waals surface area (Å²) in [5.41, 5.74) is 0.486. The lowest BCUT2D eigenvalue weighted by Gasteiger charge is -2.07. The van der Waals surface area contributed by atoms with Crippen LogP contribution in [0.1, 0.15) is 47.7 Å². The number of carboxylic acid groups (broad SMARTS) is 1. The molecule has 10 nitrogen and oxygen atoms in total. The van der Waals surface area contributed by atoms with Gasteiger partial charge >= 0.3 is 5.97 Å². The fourth-order valence-electron chi connectivity index (χ4n) is 2.28. The van der Waals surface area contributed by atoms with Gasteiger partial charge in [0.1, 0.15) is 5.69 Å². The van der Waals surface area contributed by atoms with Crippen LogP contribution in [0, 0.1) is 0 Å². The monoisotopic (exact) mass is 362 g/mol. The maximum absolute atomic E-state index is 12.2. The molecule has 26 heavy (non-hydrogen) atoms. The first-order valence-corrected chi connectivity index (χ1v) is 8.36. The molecule has 0 saturated carbocycles. The molecular formula is C16H22N6O4. The lowest BCUT2D eigenvalue weighted by atomic mass is 10.3. The van der Waals surface area contributed by atoms with Crippen molar-refractivity contribution in [3.05, 3.63) is 29.8 Å².